The number of esters is 1. The van der Waals surface area contributed by atoms with Gasteiger partial charge in [-0.3, -0.25) is 10.1 Å². The van der Waals surface area contributed by atoms with Gasteiger partial charge in [0.05, 0.1) is 18.1 Å². The second kappa shape index (κ2) is 5.69. The van der Waals surface area contributed by atoms with Gasteiger partial charge in [-0.15, -0.1) is 0 Å². The number of imidazole rings is 1. The number of carbonyl (C=O) groups is 1. The van der Waals surface area contributed by atoms with E-state index in [1.165, 1.54) is 18.9 Å². The number of thioether (sulfide) groups is 1. The molecule has 112 valence electrons. The molecule has 0 radical (unpaired) electrons. The zero-order chi connectivity index (χ0) is 14.9. The molecule has 3 rings (SSSR count). The Hall–Kier alpha value is -1.53. The SMILES string of the molecule is COC(=O)C(C)(CSc1nc2ccccc2[nH]1)NC1CC1. The number of benzene rings is 1. The molecule has 1 unspecified atom stereocenters. The van der Waals surface area contributed by atoms with Crippen molar-refractivity contribution in [2.75, 3.05) is 12.9 Å². The van der Waals surface area contributed by atoms with Gasteiger partial charge in [0.1, 0.15) is 5.54 Å². The number of aromatic amines is 1. The summed E-state index contributed by atoms with van der Waals surface area (Å²) in [5, 5.41) is 4.21. The minimum atomic E-state index is -0.681. The third-order valence-electron chi connectivity index (χ3n) is 3.60. The van der Waals surface area contributed by atoms with Crippen LogP contribution in [0.4, 0.5) is 0 Å². The number of hydrogen-bond acceptors (Lipinski definition) is 5. The van der Waals surface area contributed by atoms with Crippen LogP contribution >= 0.6 is 11.8 Å². The molecule has 6 heteroatoms. The normalized spacial score (nSPS) is 17.6. The van der Waals surface area contributed by atoms with Crippen LogP contribution in [0.15, 0.2) is 29.4 Å². The summed E-state index contributed by atoms with van der Waals surface area (Å²) in [7, 11) is 1.43. The van der Waals surface area contributed by atoms with E-state index in [0.29, 0.717) is 11.8 Å². The zero-order valence-electron chi connectivity index (χ0n) is 12.2. The summed E-state index contributed by atoms with van der Waals surface area (Å²) >= 11 is 1.54. The minimum absolute atomic E-state index is 0.224. The number of para-hydroxylation sites is 2. The maximum absolute atomic E-state index is 12.1. The second-order valence-electron chi connectivity index (χ2n) is 5.59. The third kappa shape index (κ3) is 3.22. The van der Waals surface area contributed by atoms with Crippen molar-refractivity contribution in [2.24, 2.45) is 0 Å². The van der Waals surface area contributed by atoms with Gasteiger partial charge in [-0.1, -0.05) is 23.9 Å². The van der Waals surface area contributed by atoms with Crippen LogP contribution in [0.3, 0.4) is 0 Å². The monoisotopic (exact) mass is 305 g/mol. The first-order valence-electron chi connectivity index (χ1n) is 7.04. The molecular formula is C15H19N3O2S. The molecule has 2 N–H and O–H groups in total. The summed E-state index contributed by atoms with van der Waals surface area (Å²) in [6.45, 7) is 1.90. The quantitative estimate of drug-likeness (QED) is 0.633. The first-order chi connectivity index (χ1) is 10.1. The Balaban J connectivity index is 1.71. The van der Waals surface area contributed by atoms with E-state index in [4.69, 9.17) is 4.74 Å². The number of nitrogens with one attached hydrogen (secondary N) is 2. The molecule has 1 heterocycles. The van der Waals surface area contributed by atoms with Crippen LogP contribution in [0.2, 0.25) is 0 Å². The highest BCUT2D eigenvalue weighted by atomic mass is 32.2. The van der Waals surface area contributed by atoms with E-state index in [1.54, 1.807) is 0 Å². The molecule has 0 amide bonds. The van der Waals surface area contributed by atoms with Crippen molar-refractivity contribution >= 4 is 28.8 Å². The van der Waals surface area contributed by atoms with E-state index in [1.807, 2.05) is 31.2 Å². The van der Waals surface area contributed by atoms with E-state index >= 15 is 0 Å². The van der Waals surface area contributed by atoms with Gasteiger partial charge in [-0.2, -0.15) is 0 Å². The maximum Gasteiger partial charge on any atom is 0.326 e. The lowest BCUT2D eigenvalue weighted by Gasteiger charge is -2.27. The maximum atomic E-state index is 12.1. The molecule has 0 spiro atoms. The molecule has 1 aromatic carbocycles. The Kier molecular flexibility index (Phi) is 3.91. The molecule has 21 heavy (non-hydrogen) atoms. The number of rotatable bonds is 6. The summed E-state index contributed by atoms with van der Waals surface area (Å²) in [5.41, 5.74) is 1.27. The zero-order valence-corrected chi connectivity index (χ0v) is 13.0. The first kappa shape index (κ1) is 14.4. The van der Waals surface area contributed by atoms with Gasteiger partial charge in [0, 0.05) is 11.8 Å². The molecule has 0 saturated heterocycles. The topological polar surface area (TPSA) is 67.0 Å². The molecule has 5 nitrogen and oxygen atoms in total. The van der Waals surface area contributed by atoms with Crippen LogP contribution in [-0.2, 0) is 9.53 Å². The Morgan fingerprint density at radius 2 is 2.29 bits per heavy atom. The summed E-state index contributed by atoms with van der Waals surface area (Å²) in [4.78, 5) is 19.9. The second-order valence-corrected chi connectivity index (χ2v) is 6.55. The highest BCUT2D eigenvalue weighted by molar-refractivity contribution is 7.99. The Morgan fingerprint density at radius 3 is 2.95 bits per heavy atom. The number of hydrogen-bond donors (Lipinski definition) is 2. The van der Waals surface area contributed by atoms with E-state index in [2.05, 4.69) is 15.3 Å². The van der Waals surface area contributed by atoms with Crippen molar-refractivity contribution in [1.29, 1.82) is 0 Å². The number of fused-ring (bicyclic) bond motifs is 1. The fourth-order valence-electron chi connectivity index (χ4n) is 2.27. The summed E-state index contributed by atoms with van der Waals surface area (Å²) < 4.78 is 4.95. The highest BCUT2D eigenvalue weighted by Crippen LogP contribution is 2.28. The van der Waals surface area contributed by atoms with Gasteiger partial charge in [0.2, 0.25) is 0 Å². The number of aromatic nitrogens is 2. The number of carbonyl (C=O) groups excluding carboxylic acids is 1. The predicted octanol–water partition coefficient (Wildman–Crippen LogP) is 2.34. The van der Waals surface area contributed by atoms with Gasteiger partial charge in [0.15, 0.2) is 5.16 Å². The molecule has 1 aliphatic rings. The standard InChI is InChI=1S/C15H19N3O2S/c1-15(13(19)20-2,18-10-7-8-10)9-21-14-16-11-5-3-4-6-12(11)17-14/h3-6,10,18H,7-9H2,1-2H3,(H,16,17). The van der Waals surface area contributed by atoms with E-state index in [0.717, 1.165) is 29.0 Å². The smallest absolute Gasteiger partial charge is 0.326 e. The van der Waals surface area contributed by atoms with Crippen molar-refractivity contribution in [2.45, 2.75) is 36.5 Å². The van der Waals surface area contributed by atoms with Gasteiger partial charge in [-0.05, 0) is 31.9 Å². The molecule has 2 aromatic rings. The molecule has 0 bridgehead atoms. The van der Waals surface area contributed by atoms with Crippen LogP contribution in [0, 0.1) is 0 Å². The van der Waals surface area contributed by atoms with Crippen molar-refractivity contribution in [1.82, 2.24) is 15.3 Å². The largest absolute Gasteiger partial charge is 0.468 e. The molecule has 1 aromatic heterocycles. The average molecular weight is 305 g/mol. The highest BCUT2D eigenvalue weighted by Gasteiger charge is 2.39. The average Bonchev–Trinajstić information content (AvgIpc) is 3.19. The molecule has 1 fully saturated rings. The fourth-order valence-corrected chi connectivity index (χ4v) is 3.25. The molecule has 1 aliphatic carbocycles. The predicted molar refractivity (Wildman–Crippen MR) is 83.4 cm³/mol. The Morgan fingerprint density at radius 1 is 1.52 bits per heavy atom. The van der Waals surface area contributed by atoms with Crippen molar-refractivity contribution < 1.29 is 9.53 Å². The van der Waals surface area contributed by atoms with E-state index in [9.17, 15) is 4.79 Å². The van der Waals surface area contributed by atoms with Crippen molar-refractivity contribution in [3.05, 3.63) is 24.3 Å². The van der Waals surface area contributed by atoms with Crippen LogP contribution in [0.1, 0.15) is 19.8 Å². The Bertz CT molecular complexity index is 620. The minimum Gasteiger partial charge on any atom is -0.468 e. The van der Waals surface area contributed by atoms with E-state index in [-0.39, 0.29) is 5.97 Å². The lowest BCUT2D eigenvalue weighted by atomic mass is 10.1. The summed E-state index contributed by atoms with van der Waals surface area (Å²) in [5.74, 6) is 0.355. The Labute approximate surface area is 127 Å². The molecule has 1 atom stereocenters. The summed E-state index contributed by atoms with van der Waals surface area (Å²) in [6.07, 6.45) is 2.25. The molecule has 1 saturated carbocycles. The number of H-pyrrole nitrogens is 1. The van der Waals surface area contributed by atoms with Crippen molar-refractivity contribution in [3.8, 4) is 0 Å². The van der Waals surface area contributed by atoms with Crippen molar-refractivity contribution in [3.63, 3.8) is 0 Å². The number of nitrogens with zero attached hydrogens (tertiary/aromatic N) is 1. The molecular weight excluding hydrogens is 286 g/mol. The lowest BCUT2D eigenvalue weighted by molar-refractivity contribution is -0.147. The van der Waals surface area contributed by atoms with Gasteiger partial charge < -0.3 is 9.72 Å². The van der Waals surface area contributed by atoms with Crippen LogP contribution in [-0.4, -0.2) is 40.4 Å². The number of methoxy groups -OCH3 is 1. The van der Waals surface area contributed by atoms with Crippen LogP contribution < -0.4 is 5.32 Å². The molecule has 0 aliphatic heterocycles. The first-order valence-corrected chi connectivity index (χ1v) is 8.03. The van der Waals surface area contributed by atoms with Crippen LogP contribution in [0.5, 0.6) is 0 Å². The van der Waals surface area contributed by atoms with E-state index < -0.39 is 5.54 Å². The van der Waals surface area contributed by atoms with Gasteiger partial charge >= 0.3 is 5.97 Å². The summed E-state index contributed by atoms with van der Waals surface area (Å²) in [6, 6.07) is 8.34. The van der Waals surface area contributed by atoms with Gasteiger partial charge in [-0.25, -0.2) is 4.98 Å². The lowest BCUT2D eigenvalue weighted by Crippen LogP contribution is -2.53. The van der Waals surface area contributed by atoms with Crippen LogP contribution in [0.25, 0.3) is 11.0 Å². The number of ether oxygens (including phenoxy) is 1. The fraction of sp³-hybridized carbons (Fsp3) is 0.467. The third-order valence-corrected chi connectivity index (χ3v) is 4.79. The van der Waals surface area contributed by atoms with Gasteiger partial charge in [0.25, 0.3) is 0 Å².